The molecule has 3 aromatic rings. The number of pyridine rings is 2. The van der Waals surface area contributed by atoms with Crippen LogP contribution in [-0.4, -0.2) is 21.9 Å². The average Bonchev–Trinajstić information content (AvgIpc) is 2.67. The summed E-state index contributed by atoms with van der Waals surface area (Å²) in [5.41, 5.74) is 7.58. The van der Waals surface area contributed by atoms with E-state index in [2.05, 4.69) is 27.7 Å². The molecular formula is C20H20N4O2. The lowest BCUT2D eigenvalue weighted by Crippen LogP contribution is -2.55. The molecule has 1 aromatic carbocycles. The number of ether oxygens (including phenoxy) is 1. The maximum atomic E-state index is 11.9. The first-order valence-electron chi connectivity index (χ1n) is 8.66. The number of aromatic nitrogens is 2. The molecule has 3 atom stereocenters. The third-order valence-corrected chi connectivity index (χ3v) is 4.88. The molecule has 6 heteroatoms. The number of hydrogen-bond donors (Lipinski definition) is 2. The Kier molecular flexibility index (Phi) is 4.26. The van der Waals surface area contributed by atoms with Crippen molar-refractivity contribution in [3.05, 3.63) is 60.4 Å². The summed E-state index contributed by atoms with van der Waals surface area (Å²) in [5.74, 6) is 1.20. The number of fused-ring (bicyclic) bond motifs is 1. The Morgan fingerprint density at radius 1 is 1.00 bits per heavy atom. The predicted octanol–water partition coefficient (Wildman–Crippen LogP) is 3.16. The van der Waals surface area contributed by atoms with Crippen LogP contribution >= 0.6 is 0 Å². The minimum absolute atomic E-state index is 0.0134. The smallest absolute Gasteiger partial charge is 0.246 e. The van der Waals surface area contributed by atoms with E-state index >= 15 is 0 Å². The van der Waals surface area contributed by atoms with Crippen molar-refractivity contribution in [2.75, 3.05) is 0 Å². The summed E-state index contributed by atoms with van der Waals surface area (Å²) < 4.78 is 5.94. The minimum Gasteiger partial charge on any atom is -0.437 e. The standard InChI is InChI=1S/C20H20N4O2/c1-12-17(13(2)23-24-19(12)25)14-5-7-16(8-6-14)26-20-18-15(9-11-22-20)4-3-10-21-18/h3-13,17,23H,1-2H3,(H,24,25). The highest BCUT2D eigenvalue weighted by atomic mass is 16.5. The number of carbonyl (C=O) groups excluding carboxylic acids is 1. The second-order valence-corrected chi connectivity index (χ2v) is 6.60. The van der Waals surface area contributed by atoms with Crippen molar-refractivity contribution in [3.8, 4) is 11.6 Å². The van der Waals surface area contributed by atoms with Gasteiger partial charge in [0.05, 0.1) is 0 Å². The van der Waals surface area contributed by atoms with Gasteiger partial charge in [-0.25, -0.2) is 10.4 Å². The van der Waals surface area contributed by atoms with Gasteiger partial charge in [0.25, 0.3) is 0 Å². The molecule has 1 amide bonds. The van der Waals surface area contributed by atoms with E-state index in [1.165, 1.54) is 0 Å². The summed E-state index contributed by atoms with van der Waals surface area (Å²) in [6.45, 7) is 4.02. The normalized spacial score (nSPS) is 22.8. The highest BCUT2D eigenvalue weighted by Crippen LogP contribution is 2.32. The summed E-state index contributed by atoms with van der Waals surface area (Å²) >= 11 is 0. The minimum atomic E-state index is -0.0954. The van der Waals surface area contributed by atoms with Crippen molar-refractivity contribution in [2.24, 2.45) is 5.92 Å². The predicted molar refractivity (Wildman–Crippen MR) is 98.7 cm³/mol. The topological polar surface area (TPSA) is 76.1 Å². The van der Waals surface area contributed by atoms with Crippen LogP contribution in [0.5, 0.6) is 11.6 Å². The Bertz CT molecular complexity index is 937. The number of hydrogen-bond acceptors (Lipinski definition) is 5. The molecule has 3 unspecified atom stereocenters. The van der Waals surface area contributed by atoms with Gasteiger partial charge in [0.1, 0.15) is 11.3 Å². The first-order valence-corrected chi connectivity index (χ1v) is 8.66. The number of rotatable bonds is 3. The first kappa shape index (κ1) is 16.5. The van der Waals surface area contributed by atoms with Crippen LogP contribution in [0, 0.1) is 5.92 Å². The molecule has 0 saturated carbocycles. The molecular weight excluding hydrogens is 328 g/mol. The molecule has 0 spiro atoms. The van der Waals surface area contributed by atoms with Gasteiger partial charge in [-0.2, -0.15) is 0 Å². The molecule has 2 aromatic heterocycles. The molecule has 26 heavy (non-hydrogen) atoms. The SMILES string of the molecule is CC1NNC(=O)C(C)C1c1ccc(Oc2nccc3cccnc23)cc1. The Labute approximate surface area is 151 Å². The number of nitrogens with one attached hydrogen (secondary N) is 2. The lowest BCUT2D eigenvalue weighted by atomic mass is 9.80. The zero-order chi connectivity index (χ0) is 18.1. The quantitative estimate of drug-likeness (QED) is 0.760. The van der Waals surface area contributed by atoms with Gasteiger partial charge in [-0.3, -0.25) is 15.2 Å². The van der Waals surface area contributed by atoms with Gasteiger partial charge < -0.3 is 4.74 Å². The van der Waals surface area contributed by atoms with Crippen LogP contribution in [0.4, 0.5) is 0 Å². The molecule has 0 bridgehead atoms. The maximum absolute atomic E-state index is 11.9. The van der Waals surface area contributed by atoms with Crippen molar-refractivity contribution in [3.63, 3.8) is 0 Å². The molecule has 2 N–H and O–H groups in total. The molecule has 1 saturated heterocycles. The fraction of sp³-hybridized carbons (Fsp3) is 0.250. The monoisotopic (exact) mass is 348 g/mol. The summed E-state index contributed by atoms with van der Waals surface area (Å²) in [7, 11) is 0. The zero-order valence-electron chi connectivity index (χ0n) is 14.6. The van der Waals surface area contributed by atoms with Gasteiger partial charge in [0.15, 0.2) is 0 Å². The van der Waals surface area contributed by atoms with E-state index < -0.39 is 0 Å². The fourth-order valence-electron chi connectivity index (χ4n) is 3.48. The van der Waals surface area contributed by atoms with Crippen LogP contribution < -0.4 is 15.6 Å². The van der Waals surface area contributed by atoms with Gasteiger partial charge in [-0.15, -0.1) is 0 Å². The van der Waals surface area contributed by atoms with E-state index in [0.717, 1.165) is 16.5 Å². The summed E-state index contributed by atoms with van der Waals surface area (Å²) in [5, 5.41) is 0.982. The van der Waals surface area contributed by atoms with Crippen molar-refractivity contribution < 1.29 is 9.53 Å². The van der Waals surface area contributed by atoms with Gasteiger partial charge >= 0.3 is 0 Å². The first-order chi connectivity index (χ1) is 12.6. The Morgan fingerprint density at radius 3 is 2.62 bits per heavy atom. The summed E-state index contributed by atoms with van der Waals surface area (Å²) in [4.78, 5) is 20.6. The zero-order valence-corrected chi connectivity index (χ0v) is 14.6. The van der Waals surface area contributed by atoms with E-state index in [0.29, 0.717) is 11.6 Å². The van der Waals surface area contributed by atoms with E-state index in [4.69, 9.17) is 4.74 Å². The Hall–Kier alpha value is -2.99. The van der Waals surface area contributed by atoms with Crippen molar-refractivity contribution in [1.82, 2.24) is 20.8 Å². The van der Waals surface area contributed by atoms with Crippen molar-refractivity contribution in [2.45, 2.75) is 25.8 Å². The molecule has 1 aliphatic heterocycles. The van der Waals surface area contributed by atoms with Gasteiger partial charge in [-0.05, 0) is 36.8 Å². The van der Waals surface area contributed by atoms with Crippen LogP contribution in [0.3, 0.4) is 0 Å². The highest BCUT2D eigenvalue weighted by Gasteiger charge is 2.34. The van der Waals surface area contributed by atoms with Crippen LogP contribution in [-0.2, 0) is 4.79 Å². The molecule has 0 radical (unpaired) electrons. The van der Waals surface area contributed by atoms with E-state index in [-0.39, 0.29) is 23.8 Å². The van der Waals surface area contributed by atoms with Gasteiger partial charge in [0.2, 0.25) is 11.8 Å². The van der Waals surface area contributed by atoms with E-state index in [1.54, 1.807) is 12.4 Å². The number of hydrazine groups is 1. The second kappa shape index (κ2) is 6.72. The Balaban J connectivity index is 1.59. The van der Waals surface area contributed by atoms with Crippen molar-refractivity contribution >= 4 is 16.8 Å². The van der Waals surface area contributed by atoms with Crippen LogP contribution in [0.15, 0.2) is 54.9 Å². The fourth-order valence-corrected chi connectivity index (χ4v) is 3.48. The Morgan fingerprint density at radius 2 is 1.81 bits per heavy atom. The molecule has 1 aliphatic rings. The molecule has 132 valence electrons. The number of amides is 1. The van der Waals surface area contributed by atoms with Crippen LogP contribution in [0.2, 0.25) is 0 Å². The maximum Gasteiger partial charge on any atom is 0.246 e. The van der Waals surface area contributed by atoms with Crippen molar-refractivity contribution in [1.29, 1.82) is 0 Å². The molecule has 4 rings (SSSR count). The molecule has 0 aliphatic carbocycles. The average molecular weight is 348 g/mol. The molecule has 1 fully saturated rings. The number of carbonyl (C=O) groups is 1. The molecule has 3 heterocycles. The molecule has 6 nitrogen and oxygen atoms in total. The summed E-state index contributed by atoms with van der Waals surface area (Å²) in [6.07, 6.45) is 3.44. The lowest BCUT2D eigenvalue weighted by Gasteiger charge is -2.35. The highest BCUT2D eigenvalue weighted by molar-refractivity contribution is 5.82. The summed E-state index contributed by atoms with van der Waals surface area (Å²) in [6, 6.07) is 13.7. The van der Waals surface area contributed by atoms with Crippen LogP contribution in [0.25, 0.3) is 10.9 Å². The largest absolute Gasteiger partial charge is 0.437 e. The third kappa shape index (κ3) is 2.99. The van der Waals surface area contributed by atoms with Gasteiger partial charge in [-0.1, -0.05) is 25.1 Å². The lowest BCUT2D eigenvalue weighted by molar-refractivity contribution is -0.129. The van der Waals surface area contributed by atoms with Crippen LogP contribution in [0.1, 0.15) is 25.3 Å². The van der Waals surface area contributed by atoms with Gasteiger partial charge in [0, 0.05) is 35.7 Å². The number of benzene rings is 1. The van der Waals surface area contributed by atoms with E-state index in [9.17, 15) is 4.79 Å². The van der Waals surface area contributed by atoms with E-state index in [1.807, 2.05) is 49.4 Å². The number of nitrogens with zero attached hydrogens (tertiary/aromatic N) is 2. The second-order valence-electron chi connectivity index (χ2n) is 6.60. The third-order valence-electron chi connectivity index (χ3n) is 4.88.